The van der Waals surface area contributed by atoms with E-state index in [1.807, 2.05) is 59.4 Å². The van der Waals surface area contributed by atoms with E-state index in [-0.39, 0.29) is 0 Å². The van der Waals surface area contributed by atoms with Gasteiger partial charge in [0.1, 0.15) is 5.75 Å². The maximum atomic E-state index is 5.64. The van der Waals surface area contributed by atoms with E-state index < -0.39 is 0 Å². The fourth-order valence-electron chi connectivity index (χ4n) is 1.23. The SMILES string of the molecule is Brc1ccccc1OC[n+]1ccccc1. The Hall–Kier alpha value is -1.35. The molecular formula is C12H11BrNO+. The van der Waals surface area contributed by atoms with Crippen molar-refractivity contribution in [1.82, 2.24) is 0 Å². The summed E-state index contributed by atoms with van der Waals surface area (Å²) in [6.07, 6.45) is 3.94. The highest BCUT2D eigenvalue weighted by atomic mass is 79.9. The van der Waals surface area contributed by atoms with Gasteiger partial charge < -0.3 is 4.74 Å². The number of nitrogens with zero attached hydrogens (tertiary/aromatic N) is 1. The van der Waals surface area contributed by atoms with Gasteiger partial charge in [-0.3, -0.25) is 0 Å². The van der Waals surface area contributed by atoms with Crippen molar-refractivity contribution < 1.29 is 9.30 Å². The van der Waals surface area contributed by atoms with E-state index in [0.717, 1.165) is 10.2 Å². The molecule has 0 radical (unpaired) electrons. The smallest absolute Gasteiger partial charge is 0.292 e. The molecule has 3 heteroatoms. The second-order valence-corrected chi connectivity index (χ2v) is 3.95. The van der Waals surface area contributed by atoms with Crippen LogP contribution in [0.25, 0.3) is 0 Å². The third kappa shape index (κ3) is 2.80. The summed E-state index contributed by atoms with van der Waals surface area (Å²) in [5, 5.41) is 0. The number of pyridine rings is 1. The number of aromatic nitrogens is 1. The number of halogens is 1. The molecule has 0 aliphatic rings. The number of hydrogen-bond acceptors (Lipinski definition) is 1. The zero-order valence-corrected chi connectivity index (χ0v) is 9.72. The molecular weight excluding hydrogens is 254 g/mol. The van der Waals surface area contributed by atoms with Gasteiger partial charge in [-0.05, 0) is 28.1 Å². The highest BCUT2D eigenvalue weighted by Gasteiger charge is 2.02. The van der Waals surface area contributed by atoms with Crippen LogP contribution in [-0.4, -0.2) is 0 Å². The second kappa shape index (κ2) is 4.94. The lowest BCUT2D eigenvalue weighted by Gasteiger charge is -2.03. The summed E-state index contributed by atoms with van der Waals surface area (Å²) < 4.78 is 8.58. The predicted molar refractivity (Wildman–Crippen MR) is 61.4 cm³/mol. The average molecular weight is 265 g/mol. The molecule has 2 aromatic rings. The molecule has 0 aliphatic heterocycles. The summed E-state index contributed by atoms with van der Waals surface area (Å²) in [7, 11) is 0. The summed E-state index contributed by atoms with van der Waals surface area (Å²) in [6.45, 7) is 0.517. The molecule has 0 N–H and O–H groups in total. The third-order valence-electron chi connectivity index (χ3n) is 1.98. The molecule has 0 saturated heterocycles. The van der Waals surface area contributed by atoms with Crippen molar-refractivity contribution in [3.05, 3.63) is 59.3 Å². The van der Waals surface area contributed by atoms with Crippen molar-refractivity contribution in [3.8, 4) is 5.75 Å². The molecule has 1 aromatic heterocycles. The minimum absolute atomic E-state index is 0.517. The molecule has 76 valence electrons. The molecule has 0 amide bonds. The van der Waals surface area contributed by atoms with Crippen LogP contribution in [0.2, 0.25) is 0 Å². The van der Waals surface area contributed by atoms with Crippen molar-refractivity contribution in [2.75, 3.05) is 0 Å². The maximum Gasteiger partial charge on any atom is 0.292 e. The first-order valence-electron chi connectivity index (χ1n) is 4.68. The first kappa shape index (κ1) is 10.2. The van der Waals surface area contributed by atoms with E-state index in [1.54, 1.807) is 0 Å². The van der Waals surface area contributed by atoms with Crippen molar-refractivity contribution >= 4 is 15.9 Å². The van der Waals surface area contributed by atoms with E-state index in [4.69, 9.17) is 4.74 Å². The first-order valence-corrected chi connectivity index (χ1v) is 5.47. The van der Waals surface area contributed by atoms with Crippen molar-refractivity contribution in [3.63, 3.8) is 0 Å². The highest BCUT2D eigenvalue weighted by Crippen LogP contribution is 2.23. The maximum absolute atomic E-state index is 5.64. The molecule has 15 heavy (non-hydrogen) atoms. The minimum Gasteiger partial charge on any atom is -0.435 e. The van der Waals surface area contributed by atoms with Gasteiger partial charge in [-0.25, -0.2) is 0 Å². The monoisotopic (exact) mass is 264 g/mol. The molecule has 0 spiro atoms. The van der Waals surface area contributed by atoms with Gasteiger partial charge in [-0.15, -0.1) is 0 Å². The lowest BCUT2D eigenvalue weighted by Crippen LogP contribution is -2.35. The number of rotatable bonds is 3. The molecule has 0 aliphatic carbocycles. The number of ether oxygens (including phenoxy) is 1. The van der Waals surface area contributed by atoms with E-state index in [1.165, 1.54) is 0 Å². The van der Waals surface area contributed by atoms with Gasteiger partial charge in [0.25, 0.3) is 6.73 Å². The van der Waals surface area contributed by atoms with Crippen LogP contribution in [0.4, 0.5) is 0 Å². The Balaban J connectivity index is 2.03. The molecule has 2 rings (SSSR count). The number of para-hydroxylation sites is 1. The Bertz CT molecular complexity index is 431. The van der Waals surface area contributed by atoms with Gasteiger partial charge in [-0.1, -0.05) is 18.2 Å². The Morgan fingerprint density at radius 2 is 1.73 bits per heavy atom. The molecule has 1 aromatic carbocycles. The van der Waals surface area contributed by atoms with Crippen LogP contribution in [0, 0.1) is 0 Å². The standard InChI is InChI=1S/C12H11BrNO/c13-11-6-2-3-7-12(11)15-10-14-8-4-1-5-9-14/h1-9H,10H2/q+1. The molecule has 0 fully saturated rings. The molecule has 0 saturated carbocycles. The second-order valence-electron chi connectivity index (χ2n) is 3.09. The summed E-state index contributed by atoms with van der Waals surface area (Å²) in [5.41, 5.74) is 0. The van der Waals surface area contributed by atoms with Crippen molar-refractivity contribution in [1.29, 1.82) is 0 Å². The molecule has 0 bridgehead atoms. The topological polar surface area (TPSA) is 13.1 Å². The quantitative estimate of drug-likeness (QED) is 0.778. The van der Waals surface area contributed by atoms with Crippen LogP contribution in [-0.2, 0) is 6.73 Å². The van der Waals surface area contributed by atoms with Crippen LogP contribution in [0.3, 0.4) is 0 Å². The normalized spacial score (nSPS) is 9.93. The van der Waals surface area contributed by atoms with Gasteiger partial charge in [0.05, 0.1) is 4.47 Å². The summed E-state index contributed by atoms with van der Waals surface area (Å²) in [5.74, 6) is 0.855. The Morgan fingerprint density at radius 3 is 2.47 bits per heavy atom. The molecule has 2 nitrogen and oxygen atoms in total. The van der Waals surface area contributed by atoms with Gasteiger partial charge in [0.2, 0.25) is 0 Å². The lowest BCUT2D eigenvalue weighted by atomic mass is 10.3. The lowest BCUT2D eigenvalue weighted by molar-refractivity contribution is -0.724. The largest absolute Gasteiger partial charge is 0.435 e. The van der Waals surface area contributed by atoms with E-state index >= 15 is 0 Å². The van der Waals surface area contributed by atoms with Crippen molar-refractivity contribution in [2.45, 2.75) is 6.73 Å². The van der Waals surface area contributed by atoms with Gasteiger partial charge in [0, 0.05) is 12.1 Å². The van der Waals surface area contributed by atoms with E-state index in [9.17, 15) is 0 Å². The summed E-state index contributed by atoms with van der Waals surface area (Å²) in [4.78, 5) is 0. The highest BCUT2D eigenvalue weighted by molar-refractivity contribution is 9.10. The molecule has 1 heterocycles. The van der Waals surface area contributed by atoms with Crippen LogP contribution in [0.5, 0.6) is 5.75 Å². The molecule has 0 unspecified atom stereocenters. The van der Waals surface area contributed by atoms with Gasteiger partial charge in [-0.2, -0.15) is 4.57 Å². The minimum atomic E-state index is 0.517. The first-order chi connectivity index (χ1) is 7.36. The van der Waals surface area contributed by atoms with Crippen LogP contribution in [0.15, 0.2) is 59.3 Å². The van der Waals surface area contributed by atoms with Gasteiger partial charge >= 0.3 is 0 Å². The van der Waals surface area contributed by atoms with Crippen LogP contribution >= 0.6 is 15.9 Å². The van der Waals surface area contributed by atoms with Gasteiger partial charge in [0.15, 0.2) is 12.4 Å². The fraction of sp³-hybridized carbons (Fsp3) is 0.0833. The van der Waals surface area contributed by atoms with E-state index in [0.29, 0.717) is 6.73 Å². The fourth-order valence-corrected chi connectivity index (χ4v) is 1.63. The van der Waals surface area contributed by atoms with Crippen molar-refractivity contribution in [2.24, 2.45) is 0 Å². The van der Waals surface area contributed by atoms with E-state index in [2.05, 4.69) is 15.9 Å². The Labute approximate surface area is 97.3 Å². The summed E-state index contributed by atoms with van der Waals surface area (Å²) >= 11 is 3.44. The number of hydrogen-bond donors (Lipinski definition) is 0. The average Bonchev–Trinajstić information content (AvgIpc) is 2.29. The molecule has 0 atom stereocenters. The number of benzene rings is 1. The summed E-state index contributed by atoms with van der Waals surface area (Å²) in [6, 6.07) is 13.8. The zero-order valence-electron chi connectivity index (χ0n) is 8.14. The van der Waals surface area contributed by atoms with Crippen LogP contribution < -0.4 is 9.30 Å². The Kier molecular flexibility index (Phi) is 3.35. The van der Waals surface area contributed by atoms with Crippen LogP contribution in [0.1, 0.15) is 0 Å². The predicted octanol–water partition coefficient (Wildman–Crippen LogP) is 2.77. The third-order valence-corrected chi connectivity index (χ3v) is 2.64. The zero-order chi connectivity index (χ0) is 10.5. The Morgan fingerprint density at radius 1 is 1.00 bits per heavy atom.